The van der Waals surface area contributed by atoms with Gasteiger partial charge < -0.3 is 24.3 Å². The smallest absolute Gasteiger partial charge is 0.340 e. The molecule has 0 bridgehead atoms. The first-order chi connectivity index (χ1) is 19.6. The number of hydrogen-bond acceptors (Lipinski definition) is 11. The highest BCUT2D eigenvalue weighted by Gasteiger charge is 2.24. The van der Waals surface area contributed by atoms with Crippen molar-refractivity contribution < 1.29 is 38.4 Å². The van der Waals surface area contributed by atoms with E-state index < -0.39 is 28.1 Å². The number of nitrogens with one attached hydrogen (secondary N) is 1. The lowest BCUT2D eigenvalue weighted by Gasteiger charge is -2.15. The Kier molecular flexibility index (Phi) is 11.1. The fourth-order valence-corrected chi connectivity index (χ4v) is 4.40. The molecule has 41 heavy (non-hydrogen) atoms. The van der Waals surface area contributed by atoms with E-state index in [9.17, 15) is 29.8 Å². The van der Waals surface area contributed by atoms with Crippen LogP contribution in [-0.4, -0.2) is 49.2 Å². The number of methoxy groups -OCH3 is 2. The lowest BCUT2D eigenvalue weighted by atomic mass is 10.1. The van der Waals surface area contributed by atoms with E-state index in [0.29, 0.717) is 13.2 Å². The number of rotatable bonds is 8. The Balaban J connectivity index is 0.000000278. The van der Waals surface area contributed by atoms with Gasteiger partial charge in [0.1, 0.15) is 10.7 Å². The number of nitrogens with zero attached hydrogens (tertiary/aromatic N) is 2. The molecule has 1 heterocycles. The number of ether oxygens (including phenoxy) is 4. The summed E-state index contributed by atoms with van der Waals surface area (Å²) >= 11 is 9.11. The third-order valence-corrected chi connectivity index (χ3v) is 6.75. The predicted molar refractivity (Wildman–Crippen MR) is 150 cm³/mol. The third-order valence-electron chi connectivity index (χ3n) is 5.63. The molecule has 0 amide bonds. The Labute approximate surface area is 246 Å². The fraction of sp³-hybridized carbons (Fsp3) is 0.231. The number of carbonyl (C=O) groups excluding carboxylic acids is 2. The number of esters is 2. The maximum absolute atomic E-state index is 12.0. The Bertz CT molecular complexity index is 1460. The summed E-state index contributed by atoms with van der Waals surface area (Å²) in [6, 6.07) is 13.8. The fourth-order valence-electron chi connectivity index (χ4n) is 3.70. The van der Waals surface area contributed by atoms with Crippen LogP contribution in [0.1, 0.15) is 38.1 Å². The number of anilines is 1. The third kappa shape index (κ3) is 7.76. The molecular formula is C26H23BrClN3O10. The van der Waals surface area contributed by atoms with Crippen molar-refractivity contribution in [3.05, 3.63) is 107 Å². The Morgan fingerprint density at radius 3 is 2.10 bits per heavy atom. The largest absolute Gasteiger partial charge is 0.465 e. The number of para-hydroxylation sites is 1. The molecule has 0 aliphatic carbocycles. The van der Waals surface area contributed by atoms with Gasteiger partial charge in [-0.1, -0.05) is 45.7 Å². The molecule has 4 rings (SSSR count). The molecule has 0 atom stereocenters. The van der Waals surface area contributed by atoms with Crippen LogP contribution in [0.2, 0.25) is 5.02 Å². The monoisotopic (exact) mass is 651 g/mol. The zero-order chi connectivity index (χ0) is 30.1. The summed E-state index contributed by atoms with van der Waals surface area (Å²) < 4.78 is 21.0. The van der Waals surface area contributed by atoms with Gasteiger partial charge in [-0.25, -0.2) is 9.59 Å². The Morgan fingerprint density at radius 2 is 1.51 bits per heavy atom. The van der Waals surface area contributed by atoms with Crippen LogP contribution >= 0.6 is 27.5 Å². The highest BCUT2D eigenvalue weighted by molar-refractivity contribution is 9.10. The molecule has 0 spiro atoms. The Morgan fingerprint density at radius 1 is 0.951 bits per heavy atom. The van der Waals surface area contributed by atoms with Gasteiger partial charge in [-0.05, 0) is 29.8 Å². The molecule has 3 aromatic carbocycles. The minimum Gasteiger partial charge on any atom is -0.465 e. The van der Waals surface area contributed by atoms with Crippen LogP contribution in [0.25, 0.3) is 0 Å². The second kappa shape index (κ2) is 14.5. The first kappa shape index (κ1) is 31.4. The summed E-state index contributed by atoms with van der Waals surface area (Å²) in [5.41, 5.74) is 1.39. The van der Waals surface area contributed by atoms with Crippen molar-refractivity contribution in [2.75, 3.05) is 32.8 Å². The van der Waals surface area contributed by atoms with Gasteiger partial charge in [0.15, 0.2) is 6.29 Å². The summed E-state index contributed by atoms with van der Waals surface area (Å²) in [4.78, 5) is 43.6. The van der Waals surface area contributed by atoms with Crippen LogP contribution in [-0.2, 0) is 25.5 Å². The van der Waals surface area contributed by atoms with E-state index in [1.165, 1.54) is 50.6 Å². The van der Waals surface area contributed by atoms with Crippen LogP contribution in [0.4, 0.5) is 17.1 Å². The molecule has 0 unspecified atom stereocenters. The molecule has 0 radical (unpaired) electrons. The second-order valence-electron chi connectivity index (χ2n) is 8.12. The van der Waals surface area contributed by atoms with E-state index in [1.807, 2.05) is 18.2 Å². The molecule has 1 saturated heterocycles. The van der Waals surface area contributed by atoms with Crippen LogP contribution in [0.5, 0.6) is 0 Å². The second-order valence-corrected chi connectivity index (χ2v) is 9.35. The summed E-state index contributed by atoms with van der Waals surface area (Å²) in [6.45, 7) is 1.32. The number of hydrogen-bond donors (Lipinski definition) is 1. The molecule has 216 valence electrons. The van der Waals surface area contributed by atoms with Gasteiger partial charge in [0.25, 0.3) is 11.4 Å². The van der Waals surface area contributed by atoms with E-state index in [0.717, 1.165) is 15.6 Å². The summed E-state index contributed by atoms with van der Waals surface area (Å²) in [5.74, 6) is -1.34. The Hall–Kier alpha value is -4.11. The topological polar surface area (TPSA) is 169 Å². The maximum atomic E-state index is 12.0. The molecule has 1 fully saturated rings. The summed E-state index contributed by atoms with van der Waals surface area (Å²) in [7, 11) is 2.41. The SMILES string of the molecule is COC(=O)c1cccc([N+](=O)[O-])c1Cl.COC(=O)c1cccc([N+](=O)[O-])c1NCc1ccc(Br)c(C2OCCO2)c1. The van der Waals surface area contributed by atoms with E-state index >= 15 is 0 Å². The number of halogens is 2. The van der Waals surface area contributed by atoms with Gasteiger partial charge in [0, 0.05) is 28.7 Å². The highest BCUT2D eigenvalue weighted by Crippen LogP contribution is 2.33. The number of benzene rings is 3. The zero-order valence-electron chi connectivity index (χ0n) is 21.6. The van der Waals surface area contributed by atoms with Gasteiger partial charge in [0.05, 0.1) is 48.4 Å². The van der Waals surface area contributed by atoms with Crippen LogP contribution in [0.15, 0.2) is 59.1 Å². The van der Waals surface area contributed by atoms with E-state index in [2.05, 4.69) is 26.0 Å². The van der Waals surface area contributed by atoms with Gasteiger partial charge in [0.2, 0.25) is 0 Å². The lowest BCUT2D eigenvalue weighted by Crippen LogP contribution is -2.11. The van der Waals surface area contributed by atoms with Crippen LogP contribution in [0.3, 0.4) is 0 Å². The molecule has 0 aromatic heterocycles. The summed E-state index contributed by atoms with van der Waals surface area (Å²) in [5, 5.41) is 24.6. The average molecular weight is 653 g/mol. The first-order valence-corrected chi connectivity index (χ1v) is 12.9. The quantitative estimate of drug-likeness (QED) is 0.176. The van der Waals surface area contributed by atoms with Crippen molar-refractivity contribution in [1.29, 1.82) is 0 Å². The van der Waals surface area contributed by atoms with E-state index in [-0.39, 0.29) is 39.8 Å². The van der Waals surface area contributed by atoms with Gasteiger partial charge in [-0.15, -0.1) is 0 Å². The summed E-state index contributed by atoms with van der Waals surface area (Å²) in [6.07, 6.45) is -0.448. The highest BCUT2D eigenvalue weighted by atomic mass is 79.9. The van der Waals surface area contributed by atoms with E-state index in [1.54, 1.807) is 0 Å². The molecule has 15 heteroatoms. The predicted octanol–water partition coefficient (Wildman–Crippen LogP) is 5.84. The van der Waals surface area contributed by atoms with Crippen molar-refractivity contribution in [3.63, 3.8) is 0 Å². The number of carbonyl (C=O) groups is 2. The standard InChI is InChI=1S/C18H17BrN2O6.C8H6ClNO4/c1-25-17(22)12-3-2-4-15(21(23)24)16(12)20-10-11-5-6-14(19)13(9-11)18-26-7-8-27-18;1-14-8(11)5-3-2-4-6(7(5)9)10(12)13/h2-6,9,18,20H,7-8,10H2,1H3;2-4H,1H3. The minimum absolute atomic E-state index is 0.0108. The maximum Gasteiger partial charge on any atom is 0.340 e. The normalized spacial score (nSPS) is 12.6. The first-order valence-electron chi connectivity index (χ1n) is 11.7. The molecule has 1 aliphatic rings. The molecule has 0 saturated carbocycles. The van der Waals surface area contributed by atoms with Crippen molar-refractivity contribution in [1.82, 2.24) is 0 Å². The number of nitro benzene ring substituents is 2. The zero-order valence-corrected chi connectivity index (χ0v) is 24.0. The number of nitro groups is 2. The van der Waals surface area contributed by atoms with Crippen LogP contribution in [0, 0.1) is 20.2 Å². The lowest BCUT2D eigenvalue weighted by molar-refractivity contribution is -0.384. The van der Waals surface area contributed by atoms with Crippen molar-refractivity contribution in [2.45, 2.75) is 12.8 Å². The molecule has 1 aliphatic heterocycles. The molecule has 3 aromatic rings. The van der Waals surface area contributed by atoms with Gasteiger partial charge in [-0.2, -0.15) is 0 Å². The van der Waals surface area contributed by atoms with E-state index in [4.69, 9.17) is 25.8 Å². The molecule has 13 nitrogen and oxygen atoms in total. The molecular weight excluding hydrogens is 630 g/mol. The van der Waals surface area contributed by atoms with Gasteiger partial charge in [-0.3, -0.25) is 20.2 Å². The minimum atomic E-state index is -0.696. The average Bonchev–Trinajstić information content (AvgIpc) is 3.51. The van der Waals surface area contributed by atoms with Crippen molar-refractivity contribution in [3.8, 4) is 0 Å². The van der Waals surface area contributed by atoms with Crippen LogP contribution < -0.4 is 5.32 Å². The van der Waals surface area contributed by atoms with Crippen molar-refractivity contribution >= 4 is 56.5 Å². The van der Waals surface area contributed by atoms with Crippen molar-refractivity contribution in [2.24, 2.45) is 0 Å². The van der Waals surface area contributed by atoms with Gasteiger partial charge >= 0.3 is 11.9 Å². The molecule has 1 N–H and O–H groups in total.